The van der Waals surface area contributed by atoms with Crippen LogP contribution in [0.1, 0.15) is 49.4 Å². The van der Waals surface area contributed by atoms with Crippen LogP contribution in [0.4, 0.5) is 0 Å². The molecule has 114 valence electrons. The molecule has 1 unspecified atom stereocenters. The molecule has 0 fully saturated rings. The first-order valence-electron chi connectivity index (χ1n) is 7.17. The van der Waals surface area contributed by atoms with E-state index in [1.165, 1.54) is 5.56 Å². The molecule has 21 heavy (non-hydrogen) atoms. The van der Waals surface area contributed by atoms with Gasteiger partial charge in [0.25, 0.3) is 0 Å². The number of aryl methyl sites for hydroxylation is 2. The highest BCUT2D eigenvalue weighted by atomic mass is 79.9. The van der Waals surface area contributed by atoms with E-state index in [0.29, 0.717) is 6.42 Å². The molecular formula is C17H23BrN2O. The number of aliphatic hydroxyl groups excluding tert-OH is 1. The van der Waals surface area contributed by atoms with Crippen LogP contribution < -0.4 is 0 Å². The van der Waals surface area contributed by atoms with Crippen LogP contribution >= 0.6 is 15.9 Å². The van der Waals surface area contributed by atoms with Gasteiger partial charge in [0.1, 0.15) is 0 Å². The number of nitrogens with zero attached hydrogens (tertiary/aromatic N) is 2. The monoisotopic (exact) mass is 350 g/mol. The second kappa shape index (κ2) is 5.93. The molecule has 1 N–H and O–H groups in total. The molecule has 2 aromatic rings. The summed E-state index contributed by atoms with van der Waals surface area (Å²) in [5, 5.41) is 15.1. The van der Waals surface area contributed by atoms with Crippen LogP contribution in [0, 0.1) is 6.92 Å². The average Bonchev–Trinajstić information content (AvgIpc) is 2.64. The fourth-order valence-electron chi connectivity index (χ4n) is 2.67. The zero-order valence-corrected chi connectivity index (χ0v) is 14.9. The van der Waals surface area contributed by atoms with E-state index in [0.717, 1.165) is 21.4 Å². The molecular weight excluding hydrogens is 328 g/mol. The minimum Gasteiger partial charge on any atom is -0.388 e. The van der Waals surface area contributed by atoms with Gasteiger partial charge in [-0.2, -0.15) is 5.10 Å². The first-order chi connectivity index (χ1) is 9.71. The van der Waals surface area contributed by atoms with Gasteiger partial charge < -0.3 is 5.11 Å². The Kier molecular flexibility index (Phi) is 4.59. The smallest absolute Gasteiger partial charge is 0.0848 e. The van der Waals surface area contributed by atoms with Crippen molar-refractivity contribution in [2.24, 2.45) is 7.05 Å². The standard InChI is InChI=1S/C17H23BrN2O/c1-11-16(18)14(20(5)19-11)10-15(21)12-8-6-7-9-13(12)17(2,3)4/h6-9,15,21H,10H2,1-5H3. The van der Waals surface area contributed by atoms with Crippen molar-refractivity contribution >= 4 is 15.9 Å². The summed E-state index contributed by atoms with van der Waals surface area (Å²) in [7, 11) is 1.91. The number of rotatable bonds is 3. The molecule has 0 bridgehead atoms. The van der Waals surface area contributed by atoms with Gasteiger partial charge in [-0.3, -0.25) is 4.68 Å². The molecule has 0 aliphatic rings. The van der Waals surface area contributed by atoms with Crippen molar-refractivity contribution in [1.82, 2.24) is 9.78 Å². The Balaban J connectivity index is 2.35. The minimum absolute atomic E-state index is 0.0111. The predicted octanol–water partition coefficient (Wildman–Crippen LogP) is 4.06. The maximum Gasteiger partial charge on any atom is 0.0848 e. The lowest BCUT2D eigenvalue weighted by Crippen LogP contribution is -2.17. The molecule has 0 amide bonds. The second-order valence-electron chi connectivity index (χ2n) is 6.53. The Bertz CT molecular complexity index is 641. The van der Waals surface area contributed by atoms with E-state index in [1.54, 1.807) is 0 Å². The number of benzene rings is 1. The Morgan fingerprint density at radius 3 is 2.43 bits per heavy atom. The van der Waals surface area contributed by atoms with Gasteiger partial charge in [-0.15, -0.1) is 0 Å². The van der Waals surface area contributed by atoms with Gasteiger partial charge in [-0.25, -0.2) is 0 Å². The lowest BCUT2D eigenvalue weighted by atomic mass is 9.82. The zero-order valence-electron chi connectivity index (χ0n) is 13.3. The molecule has 0 aliphatic heterocycles. The second-order valence-corrected chi connectivity index (χ2v) is 7.32. The van der Waals surface area contributed by atoms with E-state index in [1.807, 2.05) is 36.9 Å². The van der Waals surface area contributed by atoms with Crippen LogP contribution in [0.2, 0.25) is 0 Å². The van der Waals surface area contributed by atoms with E-state index >= 15 is 0 Å². The lowest BCUT2D eigenvalue weighted by molar-refractivity contribution is 0.173. The van der Waals surface area contributed by atoms with Gasteiger partial charge in [-0.05, 0) is 39.4 Å². The number of aromatic nitrogens is 2. The summed E-state index contributed by atoms with van der Waals surface area (Å²) in [5.41, 5.74) is 4.16. The van der Waals surface area contributed by atoms with Crippen LogP contribution in [0.25, 0.3) is 0 Å². The van der Waals surface area contributed by atoms with Crippen LogP contribution in [0.5, 0.6) is 0 Å². The van der Waals surface area contributed by atoms with Crippen LogP contribution in [0.15, 0.2) is 28.7 Å². The van der Waals surface area contributed by atoms with Crippen molar-refractivity contribution in [3.8, 4) is 0 Å². The fourth-order valence-corrected chi connectivity index (χ4v) is 3.16. The Morgan fingerprint density at radius 2 is 1.90 bits per heavy atom. The summed E-state index contributed by atoms with van der Waals surface area (Å²) in [5.74, 6) is 0. The van der Waals surface area contributed by atoms with Gasteiger partial charge in [0, 0.05) is 13.5 Å². The highest BCUT2D eigenvalue weighted by molar-refractivity contribution is 9.10. The molecule has 3 nitrogen and oxygen atoms in total. The summed E-state index contributed by atoms with van der Waals surface area (Å²) < 4.78 is 2.82. The van der Waals surface area contributed by atoms with Crippen LogP contribution in [-0.4, -0.2) is 14.9 Å². The molecule has 0 radical (unpaired) electrons. The molecule has 2 rings (SSSR count). The lowest BCUT2D eigenvalue weighted by Gasteiger charge is -2.25. The SMILES string of the molecule is Cc1nn(C)c(CC(O)c2ccccc2C(C)(C)C)c1Br. The van der Waals surface area contributed by atoms with E-state index in [4.69, 9.17) is 0 Å². The summed E-state index contributed by atoms with van der Waals surface area (Å²) in [4.78, 5) is 0. The first kappa shape index (κ1) is 16.2. The molecule has 0 saturated heterocycles. The third-order valence-electron chi connectivity index (χ3n) is 3.78. The maximum atomic E-state index is 10.7. The highest BCUT2D eigenvalue weighted by Crippen LogP contribution is 2.32. The number of halogens is 1. The normalized spacial score (nSPS) is 13.5. The molecule has 0 spiro atoms. The van der Waals surface area contributed by atoms with Crippen molar-refractivity contribution in [3.05, 3.63) is 51.3 Å². The predicted molar refractivity (Wildman–Crippen MR) is 89.5 cm³/mol. The van der Waals surface area contributed by atoms with Crippen LogP contribution in [-0.2, 0) is 18.9 Å². The van der Waals surface area contributed by atoms with Crippen molar-refractivity contribution in [2.75, 3.05) is 0 Å². The van der Waals surface area contributed by atoms with E-state index in [9.17, 15) is 5.11 Å². The van der Waals surface area contributed by atoms with Crippen molar-refractivity contribution in [3.63, 3.8) is 0 Å². The van der Waals surface area contributed by atoms with Gasteiger partial charge >= 0.3 is 0 Å². The Morgan fingerprint density at radius 1 is 1.29 bits per heavy atom. The van der Waals surface area contributed by atoms with Gasteiger partial charge in [0.15, 0.2) is 0 Å². The third kappa shape index (κ3) is 3.38. The molecule has 4 heteroatoms. The zero-order chi connectivity index (χ0) is 15.8. The van der Waals surface area contributed by atoms with Gasteiger partial charge in [0.2, 0.25) is 0 Å². The van der Waals surface area contributed by atoms with E-state index in [2.05, 4.69) is 47.9 Å². The minimum atomic E-state index is -0.536. The number of hydrogen-bond acceptors (Lipinski definition) is 2. The molecule has 1 aromatic carbocycles. The molecule has 1 heterocycles. The van der Waals surface area contributed by atoms with Crippen LogP contribution in [0.3, 0.4) is 0 Å². The summed E-state index contributed by atoms with van der Waals surface area (Å²) in [6, 6.07) is 8.13. The summed E-state index contributed by atoms with van der Waals surface area (Å²) in [6.07, 6.45) is 0.0110. The largest absolute Gasteiger partial charge is 0.388 e. The third-order valence-corrected chi connectivity index (χ3v) is 4.81. The quantitative estimate of drug-likeness (QED) is 0.905. The van der Waals surface area contributed by atoms with E-state index in [-0.39, 0.29) is 5.41 Å². The first-order valence-corrected chi connectivity index (χ1v) is 7.96. The molecule has 1 aromatic heterocycles. The fraction of sp³-hybridized carbons (Fsp3) is 0.471. The van der Waals surface area contributed by atoms with Crippen molar-refractivity contribution in [1.29, 1.82) is 0 Å². The average molecular weight is 351 g/mol. The van der Waals surface area contributed by atoms with Crippen molar-refractivity contribution < 1.29 is 5.11 Å². The summed E-state index contributed by atoms with van der Waals surface area (Å²) >= 11 is 3.57. The number of hydrogen-bond donors (Lipinski definition) is 1. The molecule has 0 saturated carbocycles. The van der Waals surface area contributed by atoms with E-state index < -0.39 is 6.10 Å². The topological polar surface area (TPSA) is 38.0 Å². The van der Waals surface area contributed by atoms with Crippen molar-refractivity contribution in [2.45, 2.75) is 45.6 Å². The Labute approximate surface area is 135 Å². The van der Waals surface area contributed by atoms with Gasteiger partial charge in [0.05, 0.1) is 22.0 Å². The summed E-state index contributed by atoms with van der Waals surface area (Å²) in [6.45, 7) is 8.47. The Hall–Kier alpha value is -1.13. The highest BCUT2D eigenvalue weighted by Gasteiger charge is 2.23. The molecule has 1 atom stereocenters. The number of aliphatic hydroxyl groups is 1. The maximum absolute atomic E-state index is 10.7. The molecule has 0 aliphatic carbocycles. The van der Waals surface area contributed by atoms with Gasteiger partial charge in [-0.1, -0.05) is 45.0 Å².